The predicted octanol–water partition coefficient (Wildman–Crippen LogP) is 5.22. The van der Waals surface area contributed by atoms with Gasteiger partial charge in [0.05, 0.1) is 10.5 Å². The van der Waals surface area contributed by atoms with Crippen molar-refractivity contribution in [3.8, 4) is 11.3 Å². The van der Waals surface area contributed by atoms with E-state index in [2.05, 4.69) is 4.99 Å². The Morgan fingerprint density at radius 3 is 2.48 bits per heavy atom. The van der Waals surface area contributed by atoms with Crippen molar-refractivity contribution in [1.29, 1.82) is 0 Å². The quantitative estimate of drug-likeness (QED) is 0.246. The van der Waals surface area contributed by atoms with Gasteiger partial charge in [-0.15, -0.1) is 0 Å². The third-order valence-corrected chi connectivity index (χ3v) is 4.30. The number of nitrogens with zero attached hydrogens (tertiary/aromatic N) is 2. The molecule has 0 N–H and O–H groups in total. The van der Waals surface area contributed by atoms with Crippen molar-refractivity contribution in [3.05, 3.63) is 93.4 Å². The van der Waals surface area contributed by atoms with Crippen LogP contribution in [0.5, 0.6) is 0 Å². The lowest BCUT2D eigenvalue weighted by molar-refractivity contribution is -0.384. The summed E-state index contributed by atoms with van der Waals surface area (Å²) in [6, 6.07) is 13.0. The molecular formula is C21H11F3N2O5. The number of carbonyl (C=O) groups is 1. The molecule has 0 atom stereocenters. The number of ether oxygens (including phenoxy) is 1. The highest BCUT2D eigenvalue weighted by Crippen LogP contribution is 2.33. The molecule has 31 heavy (non-hydrogen) atoms. The Balaban J connectivity index is 1.62. The second-order valence-electron chi connectivity index (χ2n) is 6.42. The molecule has 0 bridgehead atoms. The van der Waals surface area contributed by atoms with Gasteiger partial charge in [0.2, 0.25) is 5.90 Å². The Kier molecular flexibility index (Phi) is 4.90. The summed E-state index contributed by atoms with van der Waals surface area (Å²) in [4.78, 5) is 26.5. The van der Waals surface area contributed by atoms with Crippen molar-refractivity contribution in [2.75, 3.05) is 0 Å². The van der Waals surface area contributed by atoms with Crippen molar-refractivity contribution >= 4 is 23.6 Å². The third kappa shape index (κ3) is 4.22. The van der Waals surface area contributed by atoms with Gasteiger partial charge in [0.15, 0.2) is 5.70 Å². The number of halogens is 3. The number of benzene rings is 2. The minimum atomic E-state index is -4.49. The van der Waals surface area contributed by atoms with Crippen molar-refractivity contribution in [3.63, 3.8) is 0 Å². The van der Waals surface area contributed by atoms with E-state index in [-0.39, 0.29) is 39.9 Å². The topological polar surface area (TPSA) is 94.9 Å². The van der Waals surface area contributed by atoms with Gasteiger partial charge in [-0.25, -0.2) is 9.79 Å². The molecule has 2 heterocycles. The summed E-state index contributed by atoms with van der Waals surface area (Å²) in [5.74, 6) is -0.557. The van der Waals surface area contributed by atoms with Crippen molar-refractivity contribution in [1.82, 2.24) is 0 Å². The molecule has 0 aliphatic carbocycles. The van der Waals surface area contributed by atoms with E-state index in [1.807, 2.05) is 0 Å². The summed E-state index contributed by atoms with van der Waals surface area (Å²) < 4.78 is 49.3. The summed E-state index contributed by atoms with van der Waals surface area (Å²) in [5.41, 5.74) is -0.659. The van der Waals surface area contributed by atoms with Gasteiger partial charge in [0, 0.05) is 29.3 Å². The average molecular weight is 428 g/mol. The molecule has 0 saturated carbocycles. The standard InChI is InChI=1S/C21H11F3N2O5/c22-21(23,24)14-5-1-3-12(9-14)18-8-7-16(30-18)11-17-20(27)31-19(25-17)13-4-2-6-15(10-13)26(28)29/h1-11H. The molecule has 1 aliphatic heterocycles. The van der Waals surface area contributed by atoms with Gasteiger partial charge in [-0.2, -0.15) is 13.2 Å². The molecule has 10 heteroatoms. The maximum atomic E-state index is 12.9. The molecule has 0 fully saturated rings. The Labute approximate surface area is 172 Å². The summed E-state index contributed by atoms with van der Waals surface area (Å²) in [6.45, 7) is 0. The molecule has 1 aromatic heterocycles. The molecule has 156 valence electrons. The Hall–Kier alpha value is -4.21. The van der Waals surface area contributed by atoms with Crippen LogP contribution in [0.3, 0.4) is 0 Å². The van der Waals surface area contributed by atoms with Crippen molar-refractivity contribution in [2.45, 2.75) is 6.18 Å². The van der Waals surface area contributed by atoms with Gasteiger partial charge < -0.3 is 9.15 Å². The van der Waals surface area contributed by atoms with Crippen LogP contribution < -0.4 is 0 Å². The first-order valence-corrected chi connectivity index (χ1v) is 8.75. The van der Waals surface area contributed by atoms with Crippen molar-refractivity contribution < 1.29 is 32.0 Å². The number of nitro groups is 1. The van der Waals surface area contributed by atoms with Crippen LogP contribution in [0.1, 0.15) is 16.9 Å². The van der Waals surface area contributed by atoms with Crippen LogP contribution in [-0.4, -0.2) is 16.8 Å². The lowest BCUT2D eigenvalue weighted by Crippen LogP contribution is -2.05. The Morgan fingerprint density at radius 2 is 1.74 bits per heavy atom. The first kappa shape index (κ1) is 20.1. The number of esters is 1. The van der Waals surface area contributed by atoms with Crippen molar-refractivity contribution in [2.24, 2.45) is 4.99 Å². The summed E-state index contributed by atoms with van der Waals surface area (Å²) in [6.07, 6.45) is -3.22. The number of nitro benzene ring substituents is 1. The van der Waals surface area contributed by atoms with Crippen LogP contribution in [0.15, 0.2) is 75.8 Å². The second-order valence-corrected chi connectivity index (χ2v) is 6.42. The second kappa shape index (κ2) is 7.56. The molecule has 4 rings (SSSR count). The molecule has 2 aromatic carbocycles. The maximum absolute atomic E-state index is 12.9. The molecule has 0 radical (unpaired) electrons. The largest absolute Gasteiger partial charge is 0.457 e. The highest BCUT2D eigenvalue weighted by molar-refractivity contribution is 6.12. The fourth-order valence-electron chi connectivity index (χ4n) is 2.85. The zero-order chi connectivity index (χ0) is 22.2. The molecule has 0 amide bonds. The minimum absolute atomic E-state index is 0.107. The van der Waals surface area contributed by atoms with Crippen LogP contribution in [0, 0.1) is 10.1 Å². The third-order valence-electron chi connectivity index (χ3n) is 4.30. The number of rotatable bonds is 4. The van der Waals surface area contributed by atoms with E-state index < -0.39 is 22.6 Å². The molecule has 0 spiro atoms. The number of alkyl halides is 3. The van der Waals surface area contributed by atoms with E-state index >= 15 is 0 Å². The first-order valence-electron chi connectivity index (χ1n) is 8.75. The SMILES string of the molecule is O=C1OC(c2cccc([N+](=O)[O-])c2)=NC1=Cc1ccc(-c2cccc(C(F)(F)F)c2)o1. The maximum Gasteiger partial charge on any atom is 0.416 e. The van der Waals surface area contributed by atoms with Gasteiger partial charge in [-0.3, -0.25) is 10.1 Å². The van der Waals surface area contributed by atoms with E-state index in [9.17, 15) is 28.1 Å². The van der Waals surface area contributed by atoms with Crippen LogP contribution in [0.25, 0.3) is 17.4 Å². The fraction of sp³-hybridized carbons (Fsp3) is 0.0476. The van der Waals surface area contributed by atoms with Crippen LogP contribution in [0.2, 0.25) is 0 Å². The molecule has 0 saturated heterocycles. The van der Waals surface area contributed by atoms with Gasteiger partial charge in [0.1, 0.15) is 11.5 Å². The van der Waals surface area contributed by atoms with Gasteiger partial charge in [-0.05, 0) is 30.3 Å². The number of non-ortho nitro benzene ring substituents is 1. The Bertz CT molecular complexity index is 1260. The molecule has 7 nitrogen and oxygen atoms in total. The lowest BCUT2D eigenvalue weighted by atomic mass is 10.1. The normalized spacial score (nSPS) is 15.1. The monoisotopic (exact) mass is 428 g/mol. The van der Waals surface area contributed by atoms with E-state index in [1.165, 1.54) is 54.6 Å². The van der Waals surface area contributed by atoms with E-state index in [0.29, 0.717) is 0 Å². The summed E-state index contributed by atoms with van der Waals surface area (Å²) >= 11 is 0. The molecule has 0 unspecified atom stereocenters. The lowest BCUT2D eigenvalue weighted by Gasteiger charge is -2.07. The number of hydrogen-bond acceptors (Lipinski definition) is 6. The summed E-state index contributed by atoms with van der Waals surface area (Å²) in [7, 11) is 0. The summed E-state index contributed by atoms with van der Waals surface area (Å²) in [5, 5.41) is 10.9. The number of carbonyl (C=O) groups excluding carboxylic acids is 1. The van der Waals surface area contributed by atoms with Crippen LogP contribution in [-0.2, 0) is 15.7 Å². The first-order chi connectivity index (χ1) is 14.7. The molecule has 3 aromatic rings. The molecule has 1 aliphatic rings. The number of furan rings is 1. The zero-order valence-electron chi connectivity index (χ0n) is 15.4. The number of aliphatic imine (C=N–C) groups is 1. The van der Waals surface area contributed by atoms with E-state index in [4.69, 9.17) is 9.15 Å². The van der Waals surface area contributed by atoms with Gasteiger partial charge >= 0.3 is 12.1 Å². The Morgan fingerprint density at radius 1 is 1.00 bits per heavy atom. The smallest absolute Gasteiger partial charge is 0.416 e. The highest BCUT2D eigenvalue weighted by atomic mass is 19.4. The predicted molar refractivity (Wildman–Crippen MR) is 103 cm³/mol. The highest BCUT2D eigenvalue weighted by Gasteiger charge is 2.30. The number of cyclic esters (lactones) is 1. The van der Waals surface area contributed by atoms with E-state index in [1.54, 1.807) is 0 Å². The zero-order valence-corrected chi connectivity index (χ0v) is 15.4. The van der Waals surface area contributed by atoms with Crippen LogP contribution in [0.4, 0.5) is 18.9 Å². The fourth-order valence-corrected chi connectivity index (χ4v) is 2.85. The van der Waals surface area contributed by atoms with Gasteiger partial charge in [-0.1, -0.05) is 18.2 Å². The minimum Gasteiger partial charge on any atom is -0.457 e. The van der Waals surface area contributed by atoms with Crippen LogP contribution >= 0.6 is 0 Å². The molecular weight excluding hydrogens is 417 g/mol. The van der Waals surface area contributed by atoms with E-state index in [0.717, 1.165) is 12.1 Å². The number of hydrogen-bond donors (Lipinski definition) is 0. The van der Waals surface area contributed by atoms with Gasteiger partial charge in [0.25, 0.3) is 5.69 Å². The average Bonchev–Trinajstić information content (AvgIpc) is 3.35.